The number of rotatable bonds is 10. The maximum atomic E-state index is 6.14. The second-order valence-electron chi connectivity index (χ2n) is 4.66. The van der Waals surface area contributed by atoms with E-state index in [1.54, 1.807) is 0 Å². The van der Waals surface area contributed by atoms with Gasteiger partial charge in [-0.3, -0.25) is 0 Å². The minimum atomic E-state index is -1.11. The molecule has 0 saturated heterocycles. The van der Waals surface area contributed by atoms with Gasteiger partial charge in [0.2, 0.25) is 0 Å². The fourth-order valence-corrected chi connectivity index (χ4v) is 4.14. The molecule has 1 rings (SSSR count). The van der Waals surface area contributed by atoms with Gasteiger partial charge in [-0.05, 0) is 36.2 Å². The molecule has 0 amide bonds. The van der Waals surface area contributed by atoms with Crippen molar-refractivity contribution >= 4 is 15.1 Å². The predicted molar refractivity (Wildman–Crippen MR) is 84.9 cm³/mol. The Kier molecular flexibility index (Phi) is 8.46. The van der Waals surface area contributed by atoms with E-state index in [1.165, 1.54) is 18.0 Å². The van der Waals surface area contributed by atoms with Gasteiger partial charge in [-0.15, -0.1) is 0 Å². The molecule has 0 aliphatic heterocycles. The maximum Gasteiger partial charge on any atom is 0.179 e. The second-order valence-corrected chi connectivity index (χ2v) is 7.39. The van der Waals surface area contributed by atoms with Gasteiger partial charge in [-0.2, -0.15) is 0 Å². The molecule has 0 aromatic heterocycles. The highest BCUT2D eigenvalue weighted by atomic mass is 28.3. The first kappa shape index (κ1) is 16.2. The minimum Gasteiger partial charge on any atom is -0.416 e. The summed E-state index contributed by atoms with van der Waals surface area (Å²) in [5, 5.41) is 0. The van der Waals surface area contributed by atoms with E-state index < -0.39 is 9.04 Å². The van der Waals surface area contributed by atoms with Crippen molar-refractivity contribution in [2.45, 2.75) is 39.0 Å². The van der Waals surface area contributed by atoms with Gasteiger partial charge < -0.3 is 9.16 Å². The molecule has 1 aromatic rings. The van der Waals surface area contributed by atoms with Crippen LogP contribution in [-0.4, -0.2) is 22.3 Å². The summed E-state index contributed by atoms with van der Waals surface area (Å²) in [6.45, 7) is 10.4. The summed E-state index contributed by atoms with van der Waals surface area (Å²) in [5.74, 6) is 0. The first-order valence-corrected chi connectivity index (χ1v) is 9.31. The SMILES string of the molecule is C=Cc1cccc(CO[SiH](CCC)CCOCC)c1. The summed E-state index contributed by atoms with van der Waals surface area (Å²) in [4.78, 5) is 0. The second kappa shape index (κ2) is 9.95. The Balaban J connectivity index is 2.42. The largest absolute Gasteiger partial charge is 0.416 e. The molecule has 0 fully saturated rings. The van der Waals surface area contributed by atoms with E-state index >= 15 is 0 Å². The summed E-state index contributed by atoms with van der Waals surface area (Å²) in [5.41, 5.74) is 2.39. The van der Waals surface area contributed by atoms with Gasteiger partial charge in [0.05, 0.1) is 6.61 Å². The van der Waals surface area contributed by atoms with Crippen LogP contribution in [0.4, 0.5) is 0 Å². The van der Waals surface area contributed by atoms with Crippen LogP contribution >= 0.6 is 0 Å². The molecule has 19 heavy (non-hydrogen) atoms. The van der Waals surface area contributed by atoms with Crippen LogP contribution in [0.1, 0.15) is 31.4 Å². The van der Waals surface area contributed by atoms with E-state index in [0.29, 0.717) is 0 Å². The Hall–Kier alpha value is -0.903. The molecule has 0 heterocycles. The molecule has 3 heteroatoms. The lowest BCUT2D eigenvalue weighted by molar-refractivity contribution is 0.157. The van der Waals surface area contributed by atoms with Gasteiger partial charge >= 0.3 is 0 Å². The maximum absolute atomic E-state index is 6.14. The van der Waals surface area contributed by atoms with E-state index in [4.69, 9.17) is 9.16 Å². The van der Waals surface area contributed by atoms with Crippen LogP contribution in [0.5, 0.6) is 0 Å². The third-order valence-electron chi connectivity index (χ3n) is 3.07. The number of hydrogen-bond donors (Lipinski definition) is 0. The molecule has 0 bridgehead atoms. The number of benzene rings is 1. The van der Waals surface area contributed by atoms with E-state index in [1.807, 2.05) is 13.0 Å². The molecule has 1 unspecified atom stereocenters. The van der Waals surface area contributed by atoms with Crippen LogP contribution in [0, 0.1) is 0 Å². The first-order valence-electron chi connectivity index (χ1n) is 7.20. The van der Waals surface area contributed by atoms with Gasteiger partial charge in [0.1, 0.15) is 0 Å². The summed E-state index contributed by atoms with van der Waals surface area (Å²) < 4.78 is 11.6. The zero-order valence-electron chi connectivity index (χ0n) is 12.2. The van der Waals surface area contributed by atoms with Crippen LogP contribution < -0.4 is 0 Å². The Morgan fingerprint density at radius 2 is 2.11 bits per heavy atom. The molecule has 106 valence electrons. The van der Waals surface area contributed by atoms with Crippen molar-refractivity contribution in [3.8, 4) is 0 Å². The van der Waals surface area contributed by atoms with Crippen molar-refractivity contribution in [1.29, 1.82) is 0 Å². The number of ether oxygens (including phenoxy) is 1. The van der Waals surface area contributed by atoms with Gasteiger partial charge in [-0.1, -0.05) is 44.2 Å². The average molecular weight is 278 g/mol. The molecule has 0 aliphatic carbocycles. The van der Waals surface area contributed by atoms with Crippen molar-refractivity contribution in [2.75, 3.05) is 13.2 Å². The topological polar surface area (TPSA) is 18.5 Å². The van der Waals surface area contributed by atoms with Crippen LogP contribution in [0.15, 0.2) is 30.8 Å². The average Bonchev–Trinajstić information content (AvgIpc) is 2.45. The lowest BCUT2D eigenvalue weighted by Crippen LogP contribution is -2.19. The third kappa shape index (κ3) is 6.71. The smallest absolute Gasteiger partial charge is 0.179 e. The first-order chi connectivity index (χ1) is 9.30. The Morgan fingerprint density at radius 1 is 1.26 bits per heavy atom. The van der Waals surface area contributed by atoms with Crippen molar-refractivity contribution in [3.05, 3.63) is 42.0 Å². The molecule has 2 nitrogen and oxygen atoms in total. The molecule has 1 aromatic carbocycles. The fraction of sp³-hybridized carbons (Fsp3) is 0.500. The van der Waals surface area contributed by atoms with Crippen LogP contribution in [0.2, 0.25) is 12.1 Å². The zero-order valence-corrected chi connectivity index (χ0v) is 13.4. The number of hydrogen-bond acceptors (Lipinski definition) is 2. The highest BCUT2D eigenvalue weighted by molar-refractivity contribution is 6.51. The van der Waals surface area contributed by atoms with Gasteiger partial charge in [0, 0.05) is 13.2 Å². The van der Waals surface area contributed by atoms with Crippen molar-refractivity contribution in [1.82, 2.24) is 0 Å². The Morgan fingerprint density at radius 3 is 2.79 bits per heavy atom. The summed E-state index contributed by atoms with van der Waals surface area (Å²) in [6, 6.07) is 10.7. The Bertz CT molecular complexity index is 366. The lowest BCUT2D eigenvalue weighted by Gasteiger charge is -2.16. The lowest BCUT2D eigenvalue weighted by atomic mass is 10.1. The molecular formula is C16H26O2Si. The van der Waals surface area contributed by atoms with Gasteiger partial charge in [0.15, 0.2) is 9.04 Å². The molecule has 0 aliphatic rings. The van der Waals surface area contributed by atoms with Crippen molar-refractivity contribution in [2.24, 2.45) is 0 Å². The van der Waals surface area contributed by atoms with E-state index in [-0.39, 0.29) is 0 Å². The highest BCUT2D eigenvalue weighted by Crippen LogP contribution is 2.11. The monoisotopic (exact) mass is 278 g/mol. The molecule has 1 atom stereocenters. The molecule has 0 radical (unpaired) electrons. The third-order valence-corrected chi connectivity index (χ3v) is 5.81. The fourth-order valence-electron chi connectivity index (χ4n) is 2.02. The van der Waals surface area contributed by atoms with Crippen molar-refractivity contribution < 1.29 is 9.16 Å². The summed E-state index contributed by atoms with van der Waals surface area (Å²) >= 11 is 0. The Labute approximate surface area is 119 Å². The summed E-state index contributed by atoms with van der Waals surface area (Å²) in [6.07, 6.45) is 3.08. The quantitative estimate of drug-likeness (QED) is 0.475. The van der Waals surface area contributed by atoms with Crippen molar-refractivity contribution in [3.63, 3.8) is 0 Å². The van der Waals surface area contributed by atoms with Gasteiger partial charge in [0.25, 0.3) is 0 Å². The highest BCUT2D eigenvalue weighted by Gasteiger charge is 2.11. The van der Waals surface area contributed by atoms with Crippen LogP contribution in [0.3, 0.4) is 0 Å². The minimum absolute atomic E-state index is 0.727. The van der Waals surface area contributed by atoms with E-state index in [0.717, 1.165) is 31.4 Å². The van der Waals surface area contributed by atoms with E-state index in [9.17, 15) is 0 Å². The van der Waals surface area contributed by atoms with Crippen LogP contribution in [0.25, 0.3) is 6.08 Å². The molecule has 0 spiro atoms. The normalized spacial score (nSPS) is 12.3. The predicted octanol–water partition coefficient (Wildman–Crippen LogP) is 4.02. The molecule has 0 N–H and O–H groups in total. The molecule has 0 saturated carbocycles. The standard InChI is InChI=1S/C16H26O2Si/c1-4-11-19(12-10-17-6-3)18-14-16-9-7-8-15(5-2)13-16/h5,7-9,13,19H,2,4,6,10-12,14H2,1,3H3. The summed E-state index contributed by atoms with van der Waals surface area (Å²) in [7, 11) is -1.11. The van der Waals surface area contributed by atoms with E-state index in [2.05, 4.69) is 37.8 Å². The zero-order chi connectivity index (χ0) is 13.9. The van der Waals surface area contributed by atoms with Gasteiger partial charge in [-0.25, -0.2) is 0 Å². The molecular weight excluding hydrogens is 252 g/mol. The van der Waals surface area contributed by atoms with Crippen LogP contribution in [-0.2, 0) is 15.8 Å².